The Morgan fingerprint density at radius 2 is 1.64 bits per heavy atom. The molecule has 28 heavy (non-hydrogen) atoms. The van der Waals surface area contributed by atoms with E-state index in [4.69, 9.17) is 5.73 Å². The van der Waals surface area contributed by atoms with Gasteiger partial charge in [-0.25, -0.2) is 9.97 Å². The van der Waals surface area contributed by atoms with Crippen LogP contribution in [0, 0.1) is 0 Å². The molecule has 0 bridgehead atoms. The lowest BCUT2D eigenvalue weighted by molar-refractivity contribution is -0.114. The molecule has 1 aromatic carbocycles. The minimum absolute atomic E-state index is 0.149. The Kier molecular flexibility index (Phi) is 5.60. The first-order valence-corrected chi connectivity index (χ1v) is 8.25. The van der Waals surface area contributed by atoms with Gasteiger partial charge in [0.25, 0.3) is 5.91 Å². The molecule has 0 aliphatic rings. The molecule has 0 saturated heterocycles. The van der Waals surface area contributed by atoms with Gasteiger partial charge in [-0.2, -0.15) is 0 Å². The number of rotatable bonds is 6. The first kappa shape index (κ1) is 18.6. The molecule has 0 saturated carbocycles. The van der Waals surface area contributed by atoms with E-state index in [1.165, 1.54) is 19.4 Å². The van der Waals surface area contributed by atoms with Gasteiger partial charge in [0.1, 0.15) is 17.7 Å². The lowest BCUT2D eigenvalue weighted by Crippen LogP contribution is -2.31. The molecule has 0 aliphatic heterocycles. The molecule has 2 amide bonds. The summed E-state index contributed by atoms with van der Waals surface area (Å²) in [5.41, 5.74) is 13.1. The highest BCUT2D eigenvalue weighted by atomic mass is 16.2. The number of hydrogen-bond donors (Lipinski definition) is 5. The standard InChI is InChI=1S/C18H18N8O2/c1-11(27)23-12-5-7-13(8-6-12)24-16-15(19)17(22-10-21-16)25-26-18(28)14-4-2-3-9-20-14/h2-10H,19H2,1H3,(H,23,27)(H,26,28)(H2,21,22,24,25). The number of pyridine rings is 1. The molecular formula is C18H18N8O2. The zero-order valence-electron chi connectivity index (χ0n) is 14.9. The number of hydrazine groups is 1. The molecule has 0 atom stereocenters. The van der Waals surface area contributed by atoms with Crippen molar-refractivity contribution in [3.63, 3.8) is 0 Å². The molecule has 2 heterocycles. The summed E-state index contributed by atoms with van der Waals surface area (Å²) in [6.45, 7) is 1.44. The number of aromatic nitrogens is 3. The van der Waals surface area contributed by atoms with Gasteiger partial charge in [0.15, 0.2) is 11.6 Å². The van der Waals surface area contributed by atoms with E-state index in [0.717, 1.165) is 0 Å². The van der Waals surface area contributed by atoms with E-state index in [1.807, 2.05) is 0 Å². The van der Waals surface area contributed by atoms with Crippen molar-refractivity contribution >= 4 is 40.5 Å². The van der Waals surface area contributed by atoms with E-state index in [9.17, 15) is 9.59 Å². The van der Waals surface area contributed by atoms with Gasteiger partial charge in [-0.15, -0.1) is 0 Å². The van der Waals surface area contributed by atoms with E-state index in [-0.39, 0.29) is 23.1 Å². The quantitative estimate of drug-likeness (QED) is 0.409. The maximum Gasteiger partial charge on any atom is 0.288 e. The van der Waals surface area contributed by atoms with Crippen molar-refractivity contribution in [1.29, 1.82) is 0 Å². The van der Waals surface area contributed by atoms with Crippen molar-refractivity contribution in [2.45, 2.75) is 6.92 Å². The Balaban J connectivity index is 1.67. The fourth-order valence-electron chi connectivity index (χ4n) is 2.25. The molecule has 142 valence electrons. The molecule has 0 radical (unpaired) electrons. The van der Waals surface area contributed by atoms with Gasteiger partial charge < -0.3 is 16.4 Å². The Morgan fingerprint density at radius 3 is 2.32 bits per heavy atom. The maximum atomic E-state index is 12.0. The predicted octanol–water partition coefficient (Wildman–Crippen LogP) is 1.91. The van der Waals surface area contributed by atoms with Crippen LogP contribution in [0.2, 0.25) is 0 Å². The van der Waals surface area contributed by atoms with E-state index < -0.39 is 5.91 Å². The molecule has 3 rings (SSSR count). The van der Waals surface area contributed by atoms with E-state index in [0.29, 0.717) is 17.2 Å². The first-order chi connectivity index (χ1) is 13.5. The summed E-state index contributed by atoms with van der Waals surface area (Å²) in [5, 5.41) is 5.74. The SMILES string of the molecule is CC(=O)Nc1ccc(Nc2ncnc(NNC(=O)c3ccccn3)c2N)cc1. The molecule has 0 aliphatic carbocycles. The summed E-state index contributed by atoms with van der Waals surface area (Å²) in [6.07, 6.45) is 2.83. The molecule has 0 spiro atoms. The number of nitrogens with zero attached hydrogens (tertiary/aromatic N) is 3. The monoisotopic (exact) mass is 378 g/mol. The number of carbonyl (C=O) groups excluding carboxylic acids is 2. The van der Waals surface area contributed by atoms with Crippen molar-refractivity contribution < 1.29 is 9.59 Å². The van der Waals surface area contributed by atoms with E-state index >= 15 is 0 Å². The topological polar surface area (TPSA) is 147 Å². The van der Waals surface area contributed by atoms with Crippen LogP contribution in [0.3, 0.4) is 0 Å². The van der Waals surface area contributed by atoms with Crippen LogP contribution >= 0.6 is 0 Å². The molecule has 0 unspecified atom stereocenters. The Morgan fingerprint density at radius 1 is 0.929 bits per heavy atom. The van der Waals surface area contributed by atoms with Crippen LogP contribution in [0.4, 0.5) is 28.7 Å². The second-order valence-corrected chi connectivity index (χ2v) is 5.66. The number of anilines is 5. The summed E-state index contributed by atoms with van der Waals surface area (Å²) in [7, 11) is 0. The van der Waals surface area contributed by atoms with Gasteiger partial charge in [-0.3, -0.25) is 25.4 Å². The third-order valence-electron chi connectivity index (χ3n) is 3.54. The lowest BCUT2D eigenvalue weighted by Gasteiger charge is -2.13. The average molecular weight is 378 g/mol. The van der Waals surface area contributed by atoms with Gasteiger partial charge in [-0.1, -0.05) is 6.07 Å². The van der Waals surface area contributed by atoms with Crippen molar-refractivity contribution in [3.8, 4) is 0 Å². The zero-order valence-corrected chi connectivity index (χ0v) is 14.9. The van der Waals surface area contributed by atoms with Crippen LogP contribution in [0.1, 0.15) is 17.4 Å². The summed E-state index contributed by atoms with van der Waals surface area (Å²) < 4.78 is 0. The number of nitrogens with one attached hydrogen (secondary N) is 4. The fourth-order valence-corrected chi connectivity index (χ4v) is 2.25. The van der Waals surface area contributed by atoms with Gasteiger partial charge in [0, 0.05) is 24.5 Å². The van der Waals surface area contributed by atoms with Crippen LogP contribution in [-0.4, -0.2) is 26.8 Å². The van der Waals surface area contributed by atoms with Crippen molar-refractivity contribution in [2.75, 3.05) is 21.8 Å². The summed E-state index contributed by atoms with van der Waals surface area (Å²) in [5.74, 6) is 0.0133. The summed E-state index contributed by atoms with van der Waals surface area (Å²) >= 11 is 0. The second kappa shape index (κ2) is 8.45. The van der Waals surface area contributed by atoms with Crippen LogP contribution in [-0.2, 0) is 4.79 Å². The van der Waals surface area contributed by atoms with Crippen LogP contribution in [0.15, 0.2) is 55.0 Å². The Hall–Kier alpha value is -4.21. The zero-order chi connectivity index (χ0) is 19.9. The van der Waals surface area contributed by atoms with Gasteiger partial charge in [0.2, 0.25) is 5.91 Å². The normalized spacial score (nSPS) is 10.0. The molecule has 2 aromatic heterocycles. The number of hydrogen-bond acceptors (Lipinski definition) is 8. The highest BCUT2D eigenvalue weighted by molar-refractivity contribution is 5.93. The third-order valence-corrected chi connectivity index (χ3v) is 3.54. The van der Waals surface area contributed by atoms with Gasteiger partial charge in [-0.05, 0) is 36.4 Å². The number of nitrogen functional groups attached to an aromatic ring is 1. The van der Waals surface area contributed by atoms with Gasteiger partial charge in [0.05, 0.1) is 0 Å². The molecule has 6 N–H and O–H groups in total. The van der Waals surface area contributed by atoms with Crippen LogP contribution < -0.4 is 27.2 Å². The molecule has 10 heteroatoms. The third kappa shape index (κ3) is 4.69. The molecule has 10 nitrogen and oxygen atoms in total. The van der Waals surface area contributed by atoms with E-state index in [2.05, 4.69) is 36.4 Å². The van der Waals surface area contributed by atoms with Crippen molar-refractivity contribution in [3.05, 3.63) is 60.7 Å². The molecule has 3 aromatic rings. The van der Waals surface area contributed by atoms with Crippen molar-refractivity contribution in [1.82, 2.24) is 20.4 Å². The number of benzene rings is 1. The van der Waals surface area contributed by atoms with E-state index in [1.54, 1.807) is 42.5 Å². The summed E-state index contributed by atoms with van der Waals surface area (Å²) in [6, 6.07) is 12.0. The molecule has 0 fully saturated rings. The summed E-state index contributed by atoms with van der Waals surface area (Å²) in [4.78, 5) is 35.2. The predicted molar refractivity (Wildman–Crippen MR) is 106 cm³/mol. The minimum Gasteiger partial charge on any atom is -0.393 e. The van der Waals surface area contributed by atoms with Crippen LogP contribution in [0.25, 0.3) is 0 Å². The maximum absolute atomic E-state index is 12.0. The Bertz CT molecular complexity index is 977. The smallest absolute Gasteiger partial charge is 0.288 e. The highest BCUT2D eigenvalue weighted by Gasteiger charge is 2.11. The van der Waals surface area contributed by atoms with Gasteiger partial charge >= 0.3 is 0 Å². The number of carbonyl (C=O) groups is 2. The number of amides is 2. The number of nitrogens with two attached hydrogens (primary N) is 1. The lowest BCUT2D eigenvalue weighted by atomic mass is 10.2. The Labute approximate surface area is 160 Å². The van der Waals surface area contributed by atoms with Crippen LogP contribution in [0.5, 0.6) is 0 Å². The molecular weight excluding hydrogens is 360 g/mol. The van der Waals surface area contributed by atoms with Crippen molar-refractivity contribution in [2.24, 2.45) is 0 Å². The second-order valence-electron chi connectivity index (χ2n) is 5.66. The largest absolute Gasteiger partial charge is 0.393 e. The first-order valence-electron chi connectivity index (χ1n) is 8.25. The average Bonchev–Trinajstić information content (AvgIpc) is 2.70. The highest BCUT2D eigenvalue weighted by Crippen LogP contribution is 2.26. The fraction of sp³-hybridized carbons (Fsp3) is 0.0556. The minimum atomic E-state index is -0.429.